The highest BCUT2D eigenvalue weighted by molar-refractivity contribution is 5.99. The van der Waals surface area contributed by atoms with Gasteiger partial charge in [0.05, 0.1) is 13.0 Å². The summed E-state index contributed by atoms with van der Waals surface area (Å²) in [5.74, 6) is -9.72. The molecule has 3 saturated heterocycles. The first-order chi connectivity index (χ1) is 31.9. The van der Waals surface area contributed by atoms with Crippen molar-refractivity contribution in [3.05, 3.63) is 0 Å². The van der Waals surface area contributed by atoms with Crippen molar-refractivity contribution in [2.45, 2.75) is 161 Å². The Labute approximate surface area is 395 Å². The molecule has 380 valence electrons. The van der Waals surface area contributed by atoms with Gasteiger partial charge in [0.2, 0.25) is 59.1 Å². The lowest BCUT2D eigenvalue weighted by Gasteiger charge is -2.34. The zero-order valence-electron chi connectivity index (χ0n) is 40.0. The first kappa shape index (κ1) is 55.8. The largest absolute Gasteiger partial charge is 0.481 e. The van der Waals surface area contributed by atoms with Crippen molar-refractivity contribution >= 4 is 71.0 Å². The number of nitrogens with two attached hydrogens (primary N) is 2. The quantitative estimate of drug-likeness (QED) is 0.0568. The molecule has 3 aliphatic heterocycles. The minimum Gasteiger partial charge on any atom is -0.481 e. The third kappa shape index (κ3) is 16.9. The lowest BCUT2D eigenvalue weighted by atomic mass is 10.0. The standard InChI is InChI=1S/C43H71N13O12/c1-21(2)17-27-38(64)49-23(5)34(60)48-24(6)35(61)52-26(11-8-14-46-43(44)45)37(63)47-20-32(57)51-28(19-33(58)59)39(65)54-29(18-22(3)4)41(67)56-16-10-13-31(56)42(68)55-15-9-12-30(55)40(66)50-25(7)36(62)53-27/h21-31H,8-20H2,1-7H3,(H,47,63)(H,48,60)(H,49,64)(H,50,66)(H,51,57)(H,52,61)(H,53,62)(H,54,65)(H,58,59)(H4,44,45,46)/t23-,24-,25-,26-,27-,28-,29-,30-,31+/m0/s1. The number of rotatable bonds is 10. The molecule has 3 fully saturated rings. The van der Waals surface area contributed by atoms with Crippen LogP contribution in [0.2, 0.25) is 0 Å². The number of aliphatic imine (C=N–C) groups is 1. The maximum absolute atomic E-state index is 14.3. The van der Waals surface area contributed by atoms with Crippen LogP contribution in [-0.2, 0) is 52.7 Å². The van der Waals surface area contributed by atoms with Gasteiger partial charge in [-0.05, 0) is 84.0 Å². The number of aliphatic carboxylic acids is 1. The van der Waals surface area contributed by atoms with Gasteiger partial charge >= 0.3 is 5.97 Å². The van der Waals surface area contributed by atoms with Crippen molar-refractivity contribution < 1.29 is 57.8 Å². The van der Waals surface area contributed by atoms with E-state index in [9.17, 15) is 57.8 Å². The highest BCUT2D eigenvalue weighted by atomic mass is 16.4. The van der Waals surface area contributed by atoms with Crippen LogP contribution in [0.25, 0.3) is 0 Å². The van der Waals surface area contributed by atoms with E-state index in [2.05, 4.69) is 47.5 Å². The number of carbonyl (C=O) groups excluding carboxylic acids is 10. The molecule has 13 N–H and O–H groups in total. The summed E-state index contributed by atoms with van der Waals surface area (Å²) < 4.78 is 0. The van der Waals surface area contributed by atoms with E-state index >= 15 is 0 Å². The average Bonchev–Trinajstić information content (AvgIpc) is 3.96. The van der Waals surface area contributed by atoms with Crippen LogP contribution < -0.4 is 54.0 Å². The van der Waals surface area contributed by atoms with Crippen LogP contribution in [0.4, 0.5) is 0 Å². The molecule has 0 saturated carbocycles. The van der Waals surface area contributed by atoms with E-state index in [1.165, 1.54) is 30.6 Å². The van der Waals surface area contributed by atoms with Gasteiger partial charge in [0.25, 0.3) is 0 Å². The predicted octanol–water partition coefficient (Wildman–Crippen LogP) is -3.83. The molecule has 0 aliphatic carbocycles. The van der Waals surface area contributed by atoms with Gasteiger partial charge in [0.15, 0.2) is 5.96 Å². The topological polar surface area (TPSA) is 375 Å². The van der Waals surface area contributed by atoms with Crippen molar-refractivity contribution in [1.29, 1.82) is 0 Å². The van der Waals surface area contributed by atoms with Crippen molar-refractivity contribution in [2.24, 2.45) is 28.3 Å². The zero-order chi connectivity index (χ0) is 51.0. The molecule has 0 unspecified atom stereocenters. The van der Waals surface area contributed by atoms with Crippen molar-refractivity contribution in [2.75, 3.05) is 26.2 Å². The zero-order valence-corrected chi connectivity index (χ0v) is 40.0. The number of carboxylic acid groups (broad SMARTS) is 1. The molecule has 25 nitrogen and oxygen atoms in total. The Kier molecular flexibility index (Phi) is 21.4. The first-order valence-corrected chi connectivity index (χ1v) is 23.2. The second kappa shape index (κ2) is 26.1. The van der Waals surface area contributed by atoms with E-state index in [-0.39, 0.29) is 76.0 Å². The molecular weight excluding hydrogens is 891 g/mol. The van der Waals surface area contributed by atoms with Gasteiger partial charge in [0.1, 0.15) is 54.4 Å². The van der Waals surface area contributed by atoms with E-state index in [1.54, 1.807) is 13.8 Å². The minimum atomic E-state index is -1.73. The Morgan fingerprint density at radius 1 is 0.603 bits per heavy atom. The lowest BCUT2D eigenvalue weighted by Crippen LogP contribution is -2.60. The number of guanidine groups is 1. The number of hydrogen-bond donors (Lipinski definition) is 11. The van der Waals surface area contributed by atoms with Gasteiger partial charge in [0, 0.05) is 19.6 Å². The predicted molar refractivity (Wildman–Crippen MR) is 244 cm³/mol. The second-order valence-corrected chi connectivity index (χ2v) is 18.4. The number of amides is 10. The van der Waals surface area contributed by atoms with Crippen LogP contribution in [0.1, 0.15) is 106 Å². The summed E-state index contributed by atoms with van der Waals surface area (Å²) in [6, 6.07) is -11.2. The first-order valence-electron chi connectivity index (χ1n) is 23.2. The molecule has 25 heteroatoms. The van der Waals surface area contributed by atoms with Crippen molar-refractivity contribution in [1.82, 2.24) is 52.3 Å². The maximum atomic E-state index is 14.3. The summed E-state index contributed by atoms with van der Waals surface area (Å²) in [6.45, 7) is 10.9. The van der Waals surface area contributed by atoms with Crippen molar-refractivity contribution in [3.63, 3.8) is 0 Å². The molecule has 0 aromatic carbocycles. The fourth-order valence-electron chi connectivity index (χ4n) is 8.09. The summed E-state index contributed by atoms with van der Waals surface area (Å²) in [7, 11) is 0. The van der Waals surface area contributed by atoms with Crippen LogP contribution in [-0.4, -0.2) is 166 Å². The van der Waals surface area contributed by atoms with Crippen LogP contribution in [0, 0.1) is 11.8 Å². The number of hydrogen-bond acceptors (Lipinski definition) is 12. The summed E-state index contributed by atoms with van der Waals surface area (Å²) >= 11 is 0. The fourth-order valence-corrected chi connectivity index (χ4v) is 8.09. The van der Waals surface area contributed by atoms with Gasteiger partial charge in [-0.15, -0.1) is 0 Å². The SMILES string of the molecule is CC(C)C[C@@H]1NC(=O)[C@H](C)NC(=O)[C@@H]2CCCN2C(=O)[C@H]2CCCN2C(=O)[C@H](CC(C)C)NC(=O)[C@H](CC(=O)O)NC(=O)CNC(=O)[C@H](CCCN=C(N)N)NC(=O)[C@H](C)NC(=O)[C@H](C)NC1=O. The Morgan fingerprint density at radius 2 is 1.07 bits per heavy atom. The smallest absolute Gasteiger partial charge is 0.305 e. The van der Waals surface area contributed by atoms with Gasteiger partial charge in [-0.25, -0.2) is 0 Å². The number of carbonyl (C=O) groups is 11. The Hall–Kier alpha value is -6.56. The van der Waals surface area contributed by atoms with E-state index < -0.39 is 132 Å². The monoisotopic (exact) mass is 962 g/mol. The molecule has 68 heavy (non-hydrogen) atoms. The molecular formula is C43H71N13O12. The molecule has 0 aromatic rings. The van der Waals surface area contributed by atoms with Crippen LogP contribution >= 0.6 is 0 Å². The summed E-state index contributed by atoms with van der Waals surface area (Å²) in [6.07, 6.45) is 0.779. The number of fused-ring (bicyclic) bond motifs is 2. The number of nitrogens with zero attached hydrogens (tertiary/aromatic N) is 3. The molecule has 3 rings (SSSR count). The van der Waals surface area contributed by atoms with Crippen LogP contribution in [0.3, 0.4) is 0 Å². The van der Waals surface area contributed by atoms with Crippen molar-refractivity contribution in [3.8, 4) is 0 Å². The second-order valence-electron chi connectivity index (χ2n) is 18.4. The molecule has 3 aliphatic rings. The Balaban J connectivity index is 1.99. The van der Waals surface area contributed by atoms with Gasteiger partial charge in [-0.2, -0.15) is 0 Å². The number of nitrogens with one attached hydrogen (secondary N) is 8. The summed E-state index contributed by atoms with van der Waals surface area (Å²) in [5, 5.41) is 29.7. The molecule has 0 radical (unpaired) electrons. The van der Waals surface area contributed by atoms with Gasteiger partial charge in [-0.1, -0.05) is 27.7 Å². The lowest BCUT2D eigenvalue weighted by molar-refractivity contribution is -0.148. The highest BCUT2D eigenvalue weighted by Crippen LogP contribution is 2.26. The molecule has 9 atom stereocenters. The third-order valence-electron chi connectivity index (χ3n) is 11.6. The van der Waals surface area contributed by atoms with Crippen LogP contribution in [0.5, 0.6) is 0 Å². The van der Waals surface area contributed by atoms with E-state index in [4.69, 9.17) is 11.5 Å². The van der Waals surface area contributed by atoms with Crippen LogP contribution in [0.15, 0.2) is 4.99 Å². The number of carboxylic acids is 1. The summed E-state index contributed by atoms with van der Waals surface area (Å²) in [5.41, 5.74) is 10.8. The average molecular weight is 962 g/mol. The fraction of sp³-hybridized carbons (Fsp3) is 0.721. The molecule has 0 bridgehead atoms. The van der Waals surface area contributed by atoms with Gasteiger partial charge in [-0.3, -0.25) is 57.7 Å². The molecule has 0 spiro atoms. The minimum absolute atomic E-state index is 0.0533. The van der Waals surface area contributed by atoms with Gasteiger partial charge < -0.3 is 68.9 Å². The molecule has 10 amide bonds. The summed E-state index contributed by atoms with van der Waals surface area (Å²) in [4.78, 5) is 155. The molecule has 0 aromatic heterocycles. The normalized spacial score (nSPS) is 28.2. The molecule has 3 heterocycles. The van der Waals surface area contributed by atoms with E-state index in [0.29, 0.717) is 12.8 Å². The van der Waals surface area contributed by atoms with E-state index in [1.807, 2.05) is 13.8 Å². The Morgan fingerprint density at radius 3 is 1.63 bits per heavy atom. The van der Waals surface area contributed by atoms with E-state index in [0.717, 1.165) is 0 Å². The maximum Gasteiger partial charge on any atom is 0.305 e. The highest BCUT2D eigenvalue weighted by Gasteiger charge is 2.44. The Bertz CT molecular complexity index is 1930. The third-order valence-corrected chi connectivity index (χ3v) is 11.6.